The SMILES string of the molecule is CNC(=O)C1CN(S(=O)(=O)c2ccc3c(c2)CCC3)CCN1c1ccc(C#N)c(C(F)(F)F)c1. The normalized spacial score (nSPS) is 18.9. The van der Waals surface area contributed by atoms with E-state index in [4.69, 9.17) is 5.26 Å². The number of carbonyl (C=O) groups excluding carboxylic acids is 1. The van der Waals surface area contributed by atoms with E-state index in [0.717, 1.165) is 42.5 Å². The van der Waals surface area contributed by atoms with E-state index >= 15 is 0 Å². The number of nitrogens with zero attached hydrogens (tertiary/aromatic N) is 3. The Morgan fingerprint density at radius 1 is 1.12 bits per heavy atom. The van der Waals surface area contributed by atoms with E-state index in [1.807, 2.05) is 6.07 Å². The quantitative estimate of drug-likeness (QED) is 0.709. The Kier molecular flexibility index (Phi) is 6.31. The molecule has 0 spiro atoms. The van der Waals surface area contributed by atoms with Crippen LogP contribution >= 0.6 is 0 Å². The zero-order valence-electron chi connectivity index (χ0n) is 18.4. The number of sulfonamides is 1. The predicted molar refractivity (Wildman–Crippen MR) is 119 cm³/mol. The van der Waals surface area contributed by atoms with Crippen LogP contribution in [0.2, 0.25) is 0 Å². The number of piperazine rings is 1. The van der Waals surface area contributed by atoms with E-state index in [1.165, 1.54) is 28.4 Å². The first-order valence-electron chi connectivity index (χ1n) is 10.8. The molecule has 1 aliphatic carbocycles. The third-order valence-electron chi connectivity index (χ3n) is 6.36. The number of nitrogens with one attached hydrogen (secondary N) is 1. The second-order valence-corrected chi connectivity index (χ2v) is 10.2. The largest absolute Gasteiger partial charge is 0.417 e. The maximum atomic E-state index is 13.5. The van der Waals surface area contributed by atoms with E-state index in [9.17, 15) is 26.4 Å². The van der Waals surface area contributed by atoms with Crippen molar-refractivity contribution in [3.05, 3.63) is 58.7 Å². The number of alkyl halides is 3. The van der Waals surface area contributed by atoms with E-state index in [1.54, 1.807) is 12.1 Å². The number of fused-ring (bicyclic) bond motifs is 1. The van der Waals surface area contributed by atoms with Crippen molar-refractivity contribution in [3.63, 3.8) is 0 Å². The molecule has 1 aliphatic heterocycles. The predicted octanol–water partition coefficient (Wildman–Crippen LogP) is 2.69. The van der Waals surface area contributed by atoms with Gasteiger partial charge in [0.15, 0.2) is 0 Å². The summed E-state index contributed by atoms with van der Waals surface area (Å²) in [6, 6.07) is 8.79. The van der Waals surface area contributed by atoms with Crippen LogP contribution in [0.1, 0.15) is 28.7 Å². The molecule has 11 heteroatoms. The second-order valence-electron chi connectivity index (χ2n) is 8.31. The zero-order valence-corrected chi connectivity index (χ0v) is 19.2. The van der Waals surface area contributed by atoms with Gasteiger partial charge in [0, 0.05) is 32.4 Å². The minimum Gasteiger partial charge on any atom is -0.357 e. The van der Waals surface area contributed by atoms with Crippen LogP contribution in [0.5, 0.6) is 0 Å². The molecule has 1 fully saturated rings. The van der Waals surface area contributed by atoms with Crippen molar-refractivity contribution in [2.24, 2.45) is 0 Å². The summed E-state index contributed by atoms with van der Waals surface area (Å²) >= 11 is 0. The highest BCUT2D eigenvalue weighted by Gasteiger charge is 2.39. The molecule has 4 rings (SSSR count). The lowest BCUT2D eigenvalue weighted by Crippen LogP contribution is -2.60. The first-order valence-corrected chi connectivity index (χ1v) is 12.2. The molecular weight excluding hydrogens is 469 g/mol. The fourth-order valence-electron chi connectivity index (χ4n) is 4.58. The summed E-state index contributed by atoms with van der Waals surface area (Å²) in [7, 11) is -2.52. The maximum absolute atomic E-state index is 13.5. The van der Waals surface area contributed by atoms with Crippen LogP contribution in [-0.4, -0.2) is 51.4 Å². The average Bonchev–Trinajstić information content (AvgIpc) is 3.30. The smallest absolute Gasteiger partial charge is 0.357 e. The molecule has 2 aromatic carbocycles. The van der Waals surface area contributed by atoms with Crippen LogP contribution < -0.4 is 10.2 Å². The van der Waals surface area contributed by atoms with Gasteiger partial charge in [-0.25, -0.2) is 8.42 Å². The number of nitriles is 1. The summed E-state index contributed by atoms with van der Waals surface area (Å²) in [6.07, 6.45) is -2.05. The summed E-state index contributed by atoms with van der Waals surface area (Å²) in [4.78, 5) is 14.3. The van der Waals surface area contributed by atoms with Gasteiger partial charge in [-0.3, -0.25) is 4.79 Å². The molecule has 180 valence electrons. The molecule has 2 aliphatic rings. The van der Waals surface area contributed by atoms with Gasteiger partial charge in [0.25, 0.3) is 0 Å². The van der Waals surface area contributed by atoms with Crippen molar-refractivity contribution in [2.75, 3.05) is 31.6 Å². The van der Waals surface area contributed by atoms with Crippen molar-refractivity contribution in [1.29, 1.82) is 5.26 Å². The Hall–Kier alpha value is -3.10. The number of aryl methyl sites for hydroxylation is 2. The highest BCUT2D eigenvalue weighted by Crippen LogP contribution is 2.36. The lowest BCUT2D eigenvalue weighted by molar-refractivity contribution is -0.137. The molecule has 34 heavy (non-hydrogen) atoms. The number of anilines is 1. The van der Waals surface area contributed by atoms with Gasteiger partial charge in [-0.05, 0) is 60.7 Å². The fourth-order valence-corrected chi connectivity index (χ4v) is 6.07. The van der Waals surface area contributed by atoms with Gasteiger partial charge in [0.05, 0.1) is 22.1 Å². The Balaban J connectivity index is 1.66. The van der Waals surface area contributed by atoms with Crippen molar-refractivity contribution in [3.8, 4) is 6.07 Å². The number of likely N-dealkylation sites (N-methyl/N-ethyl adjacent to an activating group) is 1. The molecule has 0 radical (unpaired) electrons. The van der Waals surface area contributed by atoms with Gasteiger partial charge in [0.1, 0.15) is 6.04 Å². The van der Waals surface area contributed by atoms with Gasteiger partial charge in [-0.15, -0.1) is 0 Å². The van der Waals surface area contributed by atoms with Crippen molar-refractivity contribution >= 4 is 21.6 Å². The van der Waals surface area contributed by atoms with Crippen molar-refractivity contribution in [1.82, 2.24) is 9.62 Å². The number of benzene rings is 2. The first kappa shape index (κ1) is 24.0. The van der Waals surface area contributed by atoms with Crippen LogP contribution in [0.25, 0.3) is 0 Å². The molecule has 1 N–H and O–H groups in total. The summed E-state index contributed by atoms with van der Waals surface area (Å²) in [5, 5.41) is 11.5. The molecule has 7 nitrogen and oxygen atoms in total. The summed E-state index contributed by atoms with van der Waals surface area (Å²) in [6.45, 7) is -0.222. The maximum Gasteiger partial charge on any atom is 0.417 e. The second kappa shape index (κ2) is 8.92. The Morgan fingerprint density at radius 2 is 1.85 bits per heavy atom. The number of hydrogen-bond acceptors (Lipinski definition) is 5. The third kappa shape index (κ3) is 4.35. The molecule has 1 atom stereocenters. The Morgan fingerprint density at radius 3 is 2.53 bits per heavy atom. The van der Waals surface area contributed by atoms with Crippen LogP contribution in [-0.2, 0) is 33.8 Å². The summed E-state index contributed by atoms with van der Waals surface area (Å²) < 4.78 is 68.3. The molecule has 1 heterocycles. The average molecular weight is 493 g/mol. The molecule has 1 unspecified atom stereocenters. The lowest BCUT2D eigenvalue weighted by atomic mass is 10.0. The van der Waals surface area contributed by atoms with Crippen molar-refractivity contribution in [2.45, 2.75) is 36.4 Å². The minimum atomic E-state index is -4.75. The number of carbonyl (C=O) groups is 1. The highest BCUT2D eigenvalue weighted by atomic mass is 32.2. The number of rotatable bonds is 4. The summed E-state index contributed by atoms with van der Waals surface area (Å²) in [5.74, 6) is -0.522. The van der Waals surface area contributed by atoms with Gasteiger partial charge in [-0.1, -0.05) is 6.07 Å². The van der Waals surface area contributed by atoms with E-state index in [0.29, 0.717) is 0 Å². The molecule has 1 saturated heterocycles. The van der Waals surface area contributed by atoms with Crippen LogP contribution in [0.15, 0.2) is 41.3 Å². The van der Waals surface area contributed by atoms with Gasteiger partial charge in [-0.2, -0.15) is 22.7 Å². The summed E-state index contributed by atoms with van der Waals surface area (Å²) in [5.41, 5.74) is 0.601. The van der Waals surface area contributed by atoms with E-state index in [2.05, 4.69) is 5.32 Å². The fraction of sp³-hybridized carbons (Fsp3) is 0.391. The first-order chi connectivity index (χ1) is 16.1. The molecule has 0 aromatic heterocycles. The lowest BCUT2D eigenvalue weighted by Gasteiger charge is -2.41. The molecule has 2 aromatic rings. The number of hydrogen-bond donors (Lipinski definition) is 1. The topological polar surface area (TPSA) is 93.5 Å². The van der Waals surface area contributed by atoms with Crippen LogP contribution in [0, 0.1) is 11.3 Å². The zero-order chi connectivity index (χ0) is 24.7. The highest BCUT2D eigenvalue weighted by molar-refractivity contribution is 7.89. The van der Waals surface area contributed by atoms with Gasteiger partial charge < -0.3 is 10.2 Å². The standard InChI is InChI=1S/C23H23F3N4O3S/c1-28-22(31)21-14-29(34(32,33)19-8-6-15-3-2-4-16(15)11-19)9-10-30(21)18-7-5-17(13-27)20(12-18)23(24,25)26/h5-8,11-12,21H,2-4,9-10,14H2,1H3,(H,28,31). The molecular formula is C23H23F3N4O3S. The van der Waals surface area contributed by atoms with Crippen LogP contribution in [0.3, 0.4) is 0 Å². The van der Waals surface area contributed by atoms with Crippen molar-refractivity contribution < 1.29 is 26.4 Å². The van der Waals surface area contributed by atoms with Crippen LogP contribution in [0.4, 0.5) is 18.9 Å². The molecule has 0 saturated carbocycles. The van der Waals surface area contributed by atoms with Gasteiger partial charge >= 0.3 is 6.18 Å². The van der Waals surface area contributed by atoms with E-state index < -0.39 is 39.3 Å². The molecule has 1 amide bonds. The number of amides is 1. The Labute approximate surface area is 195 Å². The monoisotopic (exact) mass is 492 g/mol. The number of halogens is 3. The van der Waals surface area contributed by atoms with Gasteiger partial charge in [0.2, 0.25) is 15.9 Å². The minimum absolute atomic E-state index is 0.00541. The van der Waals surface area contributed by atoms with E-state index in [-0.39, 0.29) is 30.2 Å². The third-order valence-corrected chi connectivity index (χ3v) is 8.22. The Bertz CT molecular complexity index is 1270. The molecule has 0 bridgehead atoms.